The van der Waals surface area contributed by atoms with Gasteiger partial charge in [0, 0.05) is 19.1 Å². The van der Waals surface area contributed by atoms with E-state index in [2.05, 4.69) is 19.2 Å². The van der Waals surface area contributed by atoms with E-state index >= 15 is 0 Å². The molecule has 0 aromatic carbocycles. The smallest absolute Gasteiger partial charge is 0.324 e. The van der Waals surface area contributed by atoms with Gasteiger partial charge in [0.15, 0.2) is 0 Å². The van der Waals surface area contributed by atoms with Crippen molar-refractivity contribution < 1.29 is 14.6 Å². The summed E-state index contributed by atoms with van der Waals surface area (Å²) in [6.07, 6.45) is 7.01. The highest BCUT2D eigenvalue weighted by Crippen LogP contribution is 2.33. The lowest BCUT2D eigenvalue weighted by Gasteiger charge is -2.28. The Morgan fingerprint density at radius 2 is 2.14 bits per heavy atom. The van der Waals surface area contributed by atoms with Gasteiger partial charge in [-0.2, -0.15) is 0 Å². The summed E-state index contributed by atoms with van der Waals surface area (Å²) in [6, 6.07) is 0.174. The summed E-state index contributed by atoms with van der Waals surface area (Å²) in [5.74, 6) is -0.122. The lowest BCUT2D eigenvalue weighted by atomic mass is 9.96. The van der Waals surface area contributed by atoms with E-state index in [1.165, 1.54) is 19.3 Å². The van der Waals surface area contributed by atoms with Gasteiger partial charge in [-0.05, 0) is 39.0 Å². The predicted molar refractivity (Wildman–Crippen MR) is 85.5 cm³/mol. The summed E-state index contributed by atoms with van der Waals surface area (Å²) in [5, 5.41) is 12.8. The summed E-state index contributed by atoms with van der Waals surface area (Å²) in [6.45, 7) is 9.19. The molecule has 1 aliphatic rings. The average molecular weight is 299 g/mol. The first-order valence-corrected chi connectivity index (χ1v) is 8.56. The zero-order valence-corrected chi connectivity index (χ0v) is 14.2. The van der Waals surface area contributed by atoms with Gasteiger partial charge in [0.2, 0.25) is 0 Å². The topological polar surface area (TPSA) is 58.6 Å². The SMILES string of the molecule is CCCCC(CC)COC1CCC(NC(C)C)(C(=O)O)C1. The zero-order valence-electron chi connectivity index (χ0n) is 14.2. The molecule has 1 fully saturated rings. The second kappa shape index (κ2) is 8.74. The molecule has 0 aliphatic heterocycles. The normalized spacial score (nSPS) is 27.2. The Morgan fingerprint density at radius 1 is 1.43 bits per heavy atom. The lowest BCUT2D eigenvalue weighted by Crippen LogP contribution is -2.53. The van der Waals surface area contributed by atoms with Crippen LogP contribution in [0.4, 0.5) is 0 Å². The van der Waals surface area contributed by atoms with E-state index in [4.69, 9.17) is 4.74 Å². The predicted octanol–water partition coefficient (Wildman–Crippen LogP) is 3.59. The van der Waals surface area contributed by atoms with E-state index in [1.807, 2.05) is 13.8 Å². The maximum absolute atomic E-state index is 11.6. The van der Waals surface area contributed by atoms with Crippen LogP contribution in [0.15, 0.2) is 0 Å². The van der Waals surface area contributed by atoms with Crippen LogP contribution in [0.25, 0.3) is 0 Å². The first kappa shape index (κ1) is 18.4. The molecule has 0 radical (unpaired) electrons. The number of hydrogen-bond donors (Lipinski definition) is 2. The van der Waals surface area contributed by atoms with Crippen molar-refractivity contribution in [3.8, 4) is 0 Å². The molecule has 0 aromatic rings. The standard InChI is InChI=1S/C17H33NO3/c1-5-7-8-14(6-2)12-21-15-9-10-17(11-15,16(19)20)18-13(3)4/h13-15,18H,5-12H2,1-4H3,(H,19,20). The van der Waals surface area contributed by atoms with E-state index in [9.17, 15) is 9.90 Å². The number of aliphatic carboxylic acids is 1. The molecule has 1 aliphatic carbocycles. The highest BCUT2D eigenvalue weighted by atomic mass is 16.5. The largest absolute Gasteiger partial charge is 0.480 e. The van der Waals surface area contributed by atoms with Gasteiger partial charge in [-0.1, -0.05) is 33.1 Å². The van der Waals surface area contributed by atoms with Gasteiger partial charge in [0.05, 0.1) is 6.10 Å². The Morgan fingerprint density at radius 3 is 2.67 bits per heavy atom. The van der Waals surface area contributed by atoms with Crippen LogP contribution in [0.2, 0.25) is 0 Å². The van der Waals surface area contributed by atoms with Crippen molar-refractivity contribution >= 4 is 5.97 Å². The lowest BCUT2D eigenvalue weighted by molar-refractivity contribution is -0.145. The average Bonchev–Trinajstić information content (AvgIpc) is 2.83. The molecule has 0 saturated heterocycles. The number of ether oxygens (including phenoxy) is 1. The molecular formula is C17H33NO3. The maximum atomic E-state index is 11.6. The van der Waals surface area contributed by atoms with Crippen molar-refractivity contribution in [2.24, 2.45) is 5.92 Å². The van der Waals surface area contributed by atoms with Gasteiger partial charge in [0.25, 0.3) is 0 Å². The van der Waals surface area contributed by atoms with Gasteiger partial charge in [-0.3, -0.25) is 10.1 Å². The van der Waals surface area contributed by atoms with Gasteiger partial charge >= 0.3 is 5.97 Å². The second-order valence-electron chi connectivity index (χ2n) is 6.80. The third kappa shape index (κ3) is 5.59. The van der Waals surface area contributed by atoms with E-state index < -0.39 is 11.5 Å². The Labute approximate surface area is 129 Å². The molecule has 1 saturated carbocycles. The summed E-state index contributed by atoms with van der Waals surface area (Å²) in [5.41, 5.74) is -0.788. The quantitative estimate of drug-likeness (QED) is 0.647. The monoisotopic (exact) mass is 299 g/mol. The fourth-order valence-electron chi connectivity index (χ4n) is 3.25. The van der Waals surface area contributed by atoms with Crippen LogP contribution in [0.1, 0.15) is 72.6 Å². The Kier molecular flexibility index (Phi) is 7.67. The van der Waals surface area contributed by atoms with Gasteiger partial charge in [0.1, 0.15) is 5.54 Å². The van der Waals surface area contributed by atoms with Crippen LogP contribution >= 0.6 is 0 Å². The van der Waals surface area contributed by atoms with Crippen molar-refractivity contribution in [1.82, 2.24) is 5.32 Å². The summed E-state index contributed by atoms with van der Waals surface area (Å²) in [4.78, 5) is 11.6. The molecule has 0 amide bonds. The van der Waals surface area contributed by atoms with Crippen LogP contribution in [0.3, 0.4) is 0 Å². The molecule has 0 aromatic heterocycles. The molecular weight excluding hydrogens is 266 g/mol. The fraction of sp³-hybridized carbons (Fsp3) is 0.941. The minimum atomic E-state index is -0.788. The number of carboxylic acids is 1. The summed E-state index contributed by atoms with van der Waals surface area (Å²) in [7, 11) is 0. The van der Waals surface area contributed by atoms with Crippen molar-refractivity contribution in [2.45, 2.75) is 90.3 Å². The van der Waals surface area contributed by atoms with Gasteiger partial charge < -0.3 is 9.84 Å². The molecule has 0 heterocycles. The summed E-state index contributed by atoms with van der Waals surface area (Å²) < 4.78 is 6.04. The molecule has 4 heteroatoms. The van der Waals surface area contributed by atoms with Crippen LogP contribution in [0.5, 0.6) is 0 Å². The zero-order chi connectivity index (χ0) is 15.9. The van der Waals surface area contributed by atoms with Crippen LogP contribution < -0.4 is 5.32 Å². The van der Waals surface area contributed by atoms with E-state index in [1.54, 1.807) is 0 Å². The van der Waals surface area contributed by atoms with E-state index in [0.29, 0.717) is 18.8 Å². The number of nitrogens with one attached hydrogen (secondary N) is 1. The third-order valence-electron chi connectivity index (χ3n) is 4.55. The molecule has 4 nitrogen and oxygen atoms in total. The highest BCUT2D eigenvalue weighted by molar-refractivity contribution is 5.79. The molecule has 3 atom stereocenters. The van der Waals surface area contributed by atoms with Crippen molar-refractivity contribution in [1.29, 1.82) is 0 Å². The molecule has 0 spiro atoms. The van der Waals surface area contributed by atoms with Crippen LogP contribution in [-0.4, -0.2) is 35.4 Å². The Balaban J connectivity index is 2.46. The van der Waals surface area contributed by atoms with Crippen molar-refractivity contribution in [3.63, 3.8) is 0 Å². The Bertz CT molecular complexity index is 319. The maximum Gasteiger partial charge on any atom is 0.324 e. The second-order valence-corrected chi connectivity index (χ2v) is 6.80. The fourth-order valence-corrected chi connectivity index (χ4v) is 3.25. The van der Waals surface area contributed by atoms with E-state index in [0.717, 1.165) is 19.4 Å². The minimum absolute atomic E-state index is 0.0861. The van der Waals surface area contributed by atoms with Crippen LogP contribution in [0, 0.1) is 5.92 Å². The minimum Gasteiger partial charge on any atom is -0.480 e. The molecule has 1 rings (SSSR count). The summed E-state index contributed by atoms with van der Waals surface area (Å²) >= 11 is 0. The van der Waals surface area contributed by atoms with Crippen molar-refractivity contribution in [2.75, 3.05) is 6.61 Å². The molecule has 3 unspecified atom stereocenters. The molecule has 2 N–H and O–H groups in total. The highest BCUT2D eigenvalue weighted by Gasteiger charge is 2.46. The number of carbonyl (C=O) groups is 1. The first-order chi connectivity index (χ1) is 9.93. The van der Waals surface area contributed by atoms with Crippen molar-refractivity contribution in [3.05, 3.63) is 0 Å². The van der Waals surface area contributed by atoms with Crippen LogP contribution in [-0.2, 0) is 9.53 Å². The van der Waals surface area contributed by atoms with Gasteiger partial charge in [-0.15, -0.1) is 0 Å². The molecule has 21 heavy (non-hydrogen) atoms. The molecule has 124 valence electrons. The van der Waals surface area contributed by atoms with E-state index in [-0.39, 0.29) is 12.1 Å². The third-order valence-corrected chi connectivity index (χ3v) is 4.55. The van der Waals surface area contributed by atoms with Gasteiger partial charge in [-0.25, -0.2) is 0 Å². The number of unbranched alkanes of at least 4 members (excludes halogenated alkanes) is 1. The number of rotatable bonds is 10. The first-order valence-electron chi connectivity index (χ1n) is 8.56. The molecule has 0 bridgehead atoms. The number of hydrogen-bond acceptors (Lipinski definition) is 3. The number of carboxylic acid groups (broad SMARTS) is 1. The Hall–Kier alpha value is -0.610.